The van der Waals surface area contributed by atoms with Crippen LogP contribution in [0.3, 0.4) is 0 Å². The molecule has 112 valence electrons. The van der Waals surface area contributed by atoms with Gasteiger partial charge in [0.2, 0.25) is 0 Å². The fraction of sp³-hybridized carbons (Fsp3) is 0.467. The standard InChI is InChI=1S/C15H19N3O2S/c1-12-2-9-21-14(12)10-13(11-16)15(19)17-3-4-18-5-7-20-8-6-18/h2,9-10H,3-8H2,1H3,(H,17,19)/b13-10-. The first-order valence-corrected chi connectivity index (χ1v) is 7.83. The topological polar surface area (TPSA) is 65.4 Å². The third kappa shape index (κ3) is 4.67. The predicted octanol–water partition coefficient (Wildman–Crippen LogP) is 1.41. The molecule has 0 radical (unpaired) electrons. The van der Waals surface area contributed by atoms with E-state index in [1.807, 2.05) is 24.4 Å². The van der Waals surface area contributed by atoms with Crippen LogP contribution in [0.5, 0.6) is 0 Å². The number of rotatable bonds is 5. The Hall–Kier alpha value is -1.68. The van der Waals surface area contributed by atoms with Crippen LogP contribution < -0.4 is 5.32 Å². The lowest BCUT2D eigenvalue weighted by molar-refractivity contribution is -0.117. The molecule has 1 fully saturated rings. The van der Waals surface area contributed by atoms with E-state index in [-0.39, 0.29) is 11.5 Å². The molecule has 1 aliphatic rings. The zero-order valence-electron chi connectivity index (χ0n) is 12.1. The molecule has 0 unspecified atom stereocenters. The molecule has 0 bridgehead atoms. The van der Waals surface area contributed by atoms with Gasteiger partial charge in [0.05, 0.1) is 13.2 Å². The Morgan fingerprint density at radius 3 is 2.95 bits per heavy atom. The highest BCUT2D eigenvalue weighted by atomic mass is 32.1. The number of morpholine rings is 1. The minimum atomic E-state index is -0.307. The minimum absolute atomic E-state index is 0.155. The second-order valence-electron chi connectivity index (χ2n) is 4.85. The number of nitriles is 1. The molecule has 6 heteroatoms. The summed E-state index contributed by atoms with van der Waals surface area (Å²) in [5.41, 5.74) is 1.23. The van der Waals surface area contributed by atoms with Crippen molar-refractivity contribution in [1.82, 2.24) is 10.2 Å². The molecule has 0 aliphatic carbocycles. The molecule has 2 heterocycles. The third-order valence-electron chi connectivity index (χ3n) is 3.36. The van der Waals surface area contributed by atoms with Gasteiger partial charge in [-0.15, -0.1) is 11.3 Å². The Bertz CT molecular complexity index is 554. The van der Waals surface area contributed by atoms with Crippen molar-refractivity contribution in [2.45, 2.75) is 6.92 Å². The van der Waals surface area contributed by atoms with Crippen molar-refractivity contribution in [3.05, 3.63) is 27.5 Å². The normalized spacial score (nSPS) is 16.5. The highest BCUT2D eigenvalue weighted by Crippen LogP contribution is 2.18. The van der Waals surface area contributed by atoms with Crippen LogP contribution in [0.1, 0.15) is 10.4 Å². The van der Waals surface area contributed by atoms with Gasteiger partial charge in [0.25, 0.3) is 5.91 Å². The van der Waals surface area contributed by atoms with Gasteiger partial charge >= 0.3 is 0 Å². The van der Waals surface area contributed by atoms with Gasteiger partial charge in [-0.2, -0.15) is 5.26 Å². The molecule has 1 aliphatic heterocycles. The number of hydrogen-bond donors (Lipinski definition) is 1. The number of hydrogen-bond acceptors (Lipinski definition) is 5. The van der Waals surface area contributed by atoms with E-state index >= 15 is 0 Å². The van der Waals surface area contributed by atoms with Gasteiger partial charge in [-0.3, -0.25) is 9.69 Å². The molecule has 0 spiro atoms. The fourth-order valence-corrected chi connectivity index (χ4v) is 2.92. The molecule has 1 aromatic rings. The van der Waals surface area contributed by atoms with E-state index in [1.54, 1.807) is 6.08 Å². The maximum absolute atomic E-state index is 12.0. The van der Waals surface area contributed by atoms with E-state index < -0.39 is 0 Å². The van der Waals surface area contributed by atoms with E-state index in [9.17, 15) is 4.79 Å². The number of nitrogens with one attached hydrogen (secondary N) is 1. The lowest BCUT2D eigenvalue weighted by Crippen LogP contribution is -2.41. The summed E-state index contributed by atoms with van der Waals surface area (Å²) in [6.45, 7) is 6.57. The molecular formula is C15H19N3O2S. The van der Waals surface area contributed by atoms with Crippen LogP contribution in [0.25, 0.3) is 6.08 Å². The average Bonchev–Trinajstić information content (AvgIpc) is 2.91. The van der Waals surface area contributed by atoms with Crippen LogP contribution in [0.2, 0.25) is 0 Å². The van der Waals surface area contributed by atoms with Crippen molar-refractivity contribution in [3.63, 3.8) is 0 Å². The summed E-state index contributed by atoms with van der Waals surface area (Å²) in [5.74, 6) is -0.307. The van der Waals surface area contributed by atoms with Gasteiger partial charge in [-0.05, 0) is 30.0 Å². The Balaban J connectivity index is 1.84. The van der Waals surface area contributed by atoms with E-state index in [0.29, 0.717) is 6.54 Å². The monoisotopic (exact) mass is 305 g/mol. The van der Waals surface area contributed by atoms with E-state index in [2.05, 4.69) is 10.2 Å². The van der Waals surface area contributed by atoms with Crippen LogP contribution in [-0.4, -0.2) is 50.2 Å². The van der Waals surface area contributed by atoms with Crippen molar-refractivity contribution in [3.8, 4) is 6.07 Å². The quantitative estimate of drug-likeness (QED) is 0.660. The highest BCUT2D eigenvalue weighted by molar-refractivity contribution is 7.11. The summed E-state index contributed by atoms with van der Waals surface area (Å²) >= 11 is 1.53. The Labute approximate surface area is 128 Å². The number of thiophene rings is 1. The number of amides is 1. The molecule has 0 aromatic carbocycles. The molecule has 1 aromatic heterocycles. The van der Waals surface area contributed by atoms with E-state index in [4.69, 9.17) is 10.00 Å². The highest BCUT2D eigenvalue weighted by Gasteiger charge is 2.12. The second kappa shape index (κ2) is 7.93. The molecule has 0 saturated carbocycles. The molecular weight excluding hydrogens is 286 g/mol. The largest absolute Gasteiger partial charge is 0.379 e. The Morgan fingerprint density at radius 2 is 2.33 bits per heavy atom. The van der Waals surface area contributed by atoms with E-state index in [1.165, 1.54) is 11.3 Å². The van der Waals surface area contributed by atoms with Crippen LogP contribution in [0.15, 0.2) is 17.0 Å². The summed E-state index contributed by atoms with van der Waals surface area (Å²) in [7, 11) is 0. The number of aryl methyl sites for hydroxylation is 1. The van der Waals surface area contributed by atoms with E-state index in [0.717, 1.165) is 43.3 Å². The summed E-state index contributed by atoms with van der Waals surface area (Å²) in [6, 6.07) is 3.95. The first-order chi connectivity index (χ1) is 10.2. The lowest BCUT2D eigenvalue weighted by atomic mass is 10.2. The Kier molecular flexibility index (Phi) is 5.93. The number of carbonyl (C=O) groups excluding carboxylic acids is 1. The zero-order valence-corrected chi connectivity index (χ0v) is 12.9. The van der Waals surface area contributed by atoms with Crippen LogP contribution >= 0.6 is 11.3 Å². The molecule has 1 amide bonds. The van der Waals surface area contributed by atoms with Gasteiger partial charge in [-0.25, -0.2) is 0 Å². The zero-order chi connectivity index (χ0) is 15.1. The van der Waals surface area contributed by atoms with Crippen molar-refractivity contribution in [1.29, 1.82) is 5.26 Å². The average molecular weight is 305 g/mol. The van der Waals surface area contributed by atoms with Crippen LogP contribution in [-0.2, 0) is 9.53 Å². The summed E-state index contributed by atoms with van der Waals surface area (Å²) in [6.07, 6.45) is 1.66. The maximum atomic E-state index is 12.0. The molecule has 5 nitrogen and oxygen atoms in total. The fourth-order valence-electron chi connectivity index (χ4n) is 2.06. The van der Waals surface area contributed by atoms with Crippen molar-refractivity contribution in [2.75, 3.05) is 39.4 Å². The van der Waals surface area contributed by atoms with Crippen LogP contribution in [0.4, 0.5) is 0 Å². The smallest absolute Gasteiger partial charge is 0.262 e. The van der Waals surface area contributed by atoms with Gasteiger partial charge < -0.3 is 10.1 Å². The van der Waals surface area contributed by atoms with Crippen molar-refractivity contribution >= 4 is 23.3 Å². The molecule has 1 saturated heterocycles. The SMILES string of the molecule is Cc1ccsc1/C=C(/C#N)C(=O)NCCN1CCOCC1. The molecule has 0 atom stereocenters. The second-order valence-corrected chi connectivity index (χ2v) is 5.80. The lowest BCUT2D eigenvalue weighted by Gasteiger charge is -2.26. The predicted molar refractivity (Wildman–Crippen MR) is 82.9 cm³/mol. The Morgan fingerprint density at radius 1 is 1.57 bits per heavy atom. The maximum Gasteiger partial charge on any atom is 0.262 e. The van der Waals surface area contributed by atoms with Crippen LogP contribution in [0, 0.1) is 18.3 Å². The summed E-state index contributed by atoms with van der Waals surface area (Å²) in [5, 5.41) is 13.9. The molecule has 2 rings (SSSR count). The first kappa shape index (κ1) is 15.7. The van der Waals surface area contributed by atoms with Gasteiger partial charge in [0.1, 0.15) is 11.6 Å². The summed E-state index contributed by atoms with van der Waals surface area (Å²) < 4.78 is 5.27. The minimum Gasteiger partial charge on any atom is -0.379 e. The van der Waals surface area contributed by atoms with Crippen molar-refractivity contribution in [2.24, 2.45) is 0 Å². The molecule has 21 heavy (non-hydrogen) atoms. The van der Waals surface area contributed by atoms with Gasteiger partial charge in [-0.1, -0.05) is 0 Å². The number of ether oxygens (including phenoxy) is 1. The van der Waals surface area contributed by atoms with Gasteiger partial charge in [0.15, 0.2) is 0 Å². The number of carbonyl (C=O) groups is 1. The van der Waals surface area contributed by atoms with Crippen molar-refractivity contribution < 1.29 is 9.53 Å². The third-order valence-corrected chi connectivity index (χ3v) is 4.33. The first-order valence-electron chi connectivity index (χ1n) is 6.95. The number of nitrogens with zero attached hydrogens (tertiary/aromatic N) is 2. The summed E-state index contributed by atoms with van der Waals surface area (Å²) in [4.78, 5) is 15.2. The molecule has 1 N–H and O–H groups in total. The van der Waals surface area contributed by atoms with Gasteiger partial charge in [0, 0.05) is 31.1 Å².